The number of thiophene rings is 1. The second kappa shape index (κ2) is 7.23. The van der Waals surface area contributed by atoms with Crippen molar-refractivity contribution in [3.63, 3.8) is 0 Å². The molecular formula is C16H17BrN2O3S. The van der Waals surface area contributed by atoms with E-state index < -0.39 is 0 Å². The fourth-order valence-corrected chi connectivity index (χ4v) is 3.78. The van der Waals surface area contributed by atoms with Crippen molar-refractivity contribution < 1.29 is 14.3 Å². The largest absolute Gasteiger partial charge is 0.486 e. The fourth-order valence-electron chi connectivity index (χ4n) is 2.24. The van der Waals surface area contributed by atoms with E-state index in [0.29, 0.717) is 19.7 Å². The zero-order chi connectivity index (χ0) is 16.2. The van der Waals surface area contributed by atoms with Crippen molar-refractivity contribution in [3.8, 4) is 11.5 Å². The molecule has 0 radical (unpaired) electrons. The van der Waals surface area contributed by atoms with E-state index >= 15 is 0 Å². The van der Waals surface area contributed by atoms with Gasteiger partial charge in [-0.05, 0) is 40.2 Å². The van der Waals surface area contributed by atoms with Crippen LogP contribution in [-0.4, -0.2) is 37.2 Å². The Morgan fingerprint density at radius 2 is 2.13 bits per heavy atom. The SMILES string of the molecule is CN(Cc1ccc(Br)s1)C(=O)NCC1COc2ccccc2O1. The lowest BCUT2D eigenvalue weighted by molar-refractivity contribution is 0.0904. The molecule has 23 heavy (non-hydrogen) atoms. The number of nitrogens with one attached hydrogen (secondary N) is 1. The summed E-state index contributed by atoms with van der Waals surface area (Å²) in [5, 5.41) is 2.88. The molecule has 1 aliphatic rings. The first-order chi connectivity index (χ1) is 11.1. The number of benzene rings is 1. The Balaban J connectivity index is 1.47. The highest BCUT2D eigenvalue weighted by molar-refractivity contribution is 9.11. The number of urea groups is 1. The van der Waals surface area contributed by atoms with Gasteiger partial charge in [-0.2, -0.15) is 0 Å². The van der Waals surface area contributed by atoms with Crippen molar-refractivity contribution in [1.82, 2.24) is 10.2 Å². The van der Waals surface area contributed by atoms with Crippen LogP contribution in [0.1, 0.15) is 4.88 Å². The number of hydrogen-bond acceptors (Lipinski definition) is 4. The first kappa shape index (κ1) is 16.1. The lowest BCUT2D eigenvalue weighted by Crippen LogP contribution is -2.44. The maximum atomic E-state index is 12.2. The van der Waals surface area contributed by atoms with Gasteiger partial charge in [0.15, 0.2) is 17.6 Å². The zero-order valence-electron chi connectivity index (χ0n) is 12.6. The van der Waals surface area contributed by atoms with E-state index in [0.717, 1.165) is 20.2 Å². The highest BCUT2D eigenvalue weighted by atomic mass is 79.9. The molecule has 2 aromatic rings. The number of fused-ring (bicyclic) bond motifs is 1. The first-order valence-electron chi connectivity index (χ1n) is 7.23. The van der Waals surface area contributed by atoms with Gasteiger partial charge in [0, 0.05) is 11.9 Å². The molecule has 122 valence electrons. The van der Waals surface area contributed by atoms with Gasteiger partial charge in [-0.3, -0.25) is 0 Å². The quantitative estimate of drug-likeness (QED) is 0.860. The molecule has 0 spiro atoms. The number of ether oxygens (including phenoxy) is 2. The lowest BCUT2D eigenvalue weighted by Gasteiger charge is -2.27. The van der Waals surface area contributed by atoms with E-state index in [2.05, 4.69) is 21.2 Å². The van der Waals surface area contributed by atoms with Crippen LogP contribution in [0.2, 0.25) is 0 Å². The molecule has 1 aromatic heterocycles. The second-order valence-electron chi connectivity index (χ2n) is 5.25. The van der Waals surface area contributed by atoms with Crippen LogP contribution in [0.4, 0.5) is 4.79 Å². The number of rotatable bonds is 4. The van der Waals surface area contributed by atoms with Gasteiger partial charge in [0.25, 0.3) is 0 Å². The van der Waals surface area contributed by atoms with Crippen LogP contribution < -0.4 is 14.8 Å². The third kappa shape index (κ3) is 4.17. The van der Waals surface area contributed by atoms with Gasteiger partial charge in [0.05, 0.1) is 16.9 Å². The molecule has 5 nitrogen and oxygen atoms in total. The summed E-state index contributed by atoms with van der Waals surface area (Å²) in [6.07, 6.45) is -0.182. The maximum Gasteiger partial charge on any atom is 0.317 e. The molecule has 0 saturated carbocycles. The molecule has 0 fully saturated rings. The average Bonchev–Trinajstić information content (AvgIpc) is 2.97. The molecule has 1 atom stereocenters. The van der Waals surface area contributed by atoms with E-state index in [9.17, 15) is 4.79 Å². The van der Waals surface area contributed by atoms with Crippen LogP contribution in [0.25, 0.3) is 0 Å². The van der Waals surface area contributed by atoms with Gasteiger partial charge in [-0.15, -0.1) is 11.3 Å². The van der Waals surface area contributed by atoms with Crippen LogP contribution in [0, 0.1) is 0 Å². The summed E-state index contributed by atoms with van der Waals surface area (Å²) < 4.78 is 12.5. The van der Waals surface area contributed by atoms with Crippen LogP contribution in [0.3, 0.4) is 0 Å². The van der Waals surface area contributed by atoms with Gasteiger partial charge in [0.2, 0.25) is 0 Å². The van der Waals surface area contributed by atoms with Crippen LogP contribution in [-0.2, 0) is 6.54 Å². The Hall–Kier alpha value is -1.73. The molecular weight excluding hydrogens is 380 g/mol. The Kier molecular flexibility index (Phi) is 5.07. The Bertz CT molecular complexity index is 691. The smallest absolute Gasteiger partial charge is 0.317 e. The number of carbonyl (C=O) groups excluding carboxylic acids is 1. The third-order valence-electron chi connectivity index (χ3n) is 3.42. The predicted octanol–water partition coefficient (Wildman–Crippen LogP) is 3.49. The first-order valence-corrected chi connectivity index (χ1v) is 8.84. The third-order valence-corrected chi connectivity index (χ3v) is 5.03. The Morgan fingerprint density at radius 3 is 2.87 bits per heavy atom. The standard InChI is InChI=1S/C16H17BrN2O3S/c1-19(9-12-6-7-15(17)23-12)16(20)18-8-11-10-21-13-4-2-3-5-14(13)22-11/h2-7,11H,8-10H2,1H3,(H,18,20). The number of carbonyl (C=O) groups is 1. The normalized spacial score (nSPS) is 16.0. The minimum Gasteiger partial charge on any atom is -0.486 e. The van der Waals surface area contributed by atoms with Crippen molar-refractivity contribution >= 4 is 33.3 Å². The minimum absolute atomic E-state index is 0.128. The van der Waals surface area contributed by atoms with Gasteiger partial charge in [0.1, 0.15) is 6.61 Å². The maximum absolute atomic E-state index is 12.2. The van der Waals surface area contributed by atoms with E-state index in [1.807, 2.05) is 36.4 Å². The van der Waals surface area contributed by atoms with Crippen molar-refractivity contribution in [1.29, 1.82) is 0 Å². The second-order valence-corrected chi connectivity index (χ2v) is 7.79. The van der Waals surface area contributed by atoms with Crippen LogP contribution in [0.15, 0.2) is 40.2 Å². The molecule has 1 N–H and O–H groups in total. The van der Waals surface area contributed by atoms with Crippen molar-refractivity contribution in [2.75, 3.05) is 20.2 Å². The molecule has 0 bridgehead atoms. The number of amides is 2. The summed E-state index contributed by atoms with van der Waals surface area (Å²) in [7, 11) is 1.77. The zero-order valence-corrected chi connectivity index (χ0v) is 15.0. The van der Waals surface area contributed by atoms with Crippen molar-refractivity contribution in [2.45, 2.75) is 12.6 Å². The molecule has 1 unspecified atom stereocenters. The summed E-state index contributed by atoms with van der Waals surface area (Å²) in [6.45, 7) is 1.41. The summed E-state index contributed by atoms with van der Waals surface area (Å²) in [4.78, 5) is 14.9. The van der Waals surface area contributed by atoms with Gasteiger partial charge >= 0.3 is 6.03 Å². The molecule has 3 rings (SSSR count). The van der Waals surface area contributed by atoms with Gasteiger partial charge < -0.3 is 19.7 Å². The lowest BCUT2D eigenvalue weighted by atomic mass is 10.2. The van der Waals surface area contributed by atoms with Crippen LogP contribution >= 0.6 is 27.3 Å². The molecule has 0 saturated heterocycles. The number of para-hydroxylation sites is 2. The molecule has 1 aliphatic heterocycles. The molecule has 0 aliphatic carbocycles. The number of halogens is 1. The molecule has 7 heteroatoms. The Morgan fingerprint density at radius 1 is 1.35 bits per heavy atom. The average molecular weight is 397 g/mol. The molecule has 2 amide bonds. The summed E-state index contributed by atoms with van der Waals surface area (Å²) in [6, 6.07) is 11.4. The molecule has 1 aromatic carbocycles. The van der Waals surface area contributed by atoms with Gasteiger partial charge in [-0.1, -0.05) is 12.1 Å². The van der Waals surface area contributed by atoms with E-state index in [1.165, 1.54) is 0 Å². The number of nitrogens with zero attached hydrogens (tertiary/aromatic N) is 1. The minimum atomic E-state index is -0.182. The highest BCUT2D eigenvalue weighted by Crippen LogP contribution is 2.30. The molecule has 2 heterocycles. The van der Waals surface area contributed by atoms with E-state index in [-0.39, 0.29) is 12.1 Å². The van der Waals surface area contributed by atoms with Crippen molar-refractivity contribution in [2.24, 2.45) is 0 Å². The summed E-state index contributed by atoms with van der Waals surface area (Å²) in [5.74, 6) is 1.46. The highest BCUT2D eigenvalue weighted by Gasteiger charge is 2.21. The monoisotopic (exact) mass is 396 g/mol. The predicted molar refractivity (Wildman–Crippen MR) is 93.2 cm³/mol. The van der Waals surface area contributed by atoms with Gasteiger partial charge in [-0.25, -0.2) is 4.79 Å². The van der Waals surface area contributed by atoms with Crippen molar-refractivity contribution in [3.05, 3.63) is 45.1 Å². The fraction of sp³-hybridized carbons (Fsp3) is 0.312. The van der Waals surface area contributed by atoms with Crippen LogP contribution in [0.5, 0.6) is 11.5 Å². The summed E-state index contributed by atoms with van der Waals surface area (Å²) >= 11 is 5.05. The topological polar surface area (TPSA) is 50.8 Å². The Labute approximate surface area is 147 Å². The summed E-state index contributed by atoms with van der Waals surface area (Å²) in [5.41, 5.74) is 0. The van der Waals surface area contributed by atoms with E-state index in [4.69, 9.17) is 9.47 Å². The number of hydrogen-bond donors (Lipinski definition) is 1. The van der Waals surface area contributed by atoms with E-state index in [1.54, 1.807) is 23.3 Å².